The van der Waals surface area contributed by atoms with Gasteiger partial charge in [0.25, 0.3) is 0 Å². The summed E-state index contributed by atoms with van der Waals surface area (Å²) in [7, 11) is 0.0903. The Labute approximate surface area is 34.3 Å². The van der Waals surface area contributed by atoms with E-state index >= 15 is 0 Å². The van der Waals surface area contributed by atoms with Crippen molar-refractivity contribution in [2.24, 2.45) is 11.0 Å². The van der Waals surface area contributed by atoms with E-state index in [9.17, 15) is 0 Å². The van der Waals surface area contributed by atoms with Gasteiger partial charge in [-0.15, -0.1) is 0 Å². The van der Waals surface area contributed by atoms with Crippen LogP contribution >= 0.6 is 17.9 Å². The number of rotatable bonds is 2. The molecule has 0 aliphatic rings. The standard InChI is InChI=1S/H6N2OP2/c1-4-3-5-2/h4-5H,1-2H2. The number of hydrogen-bond donors (Lipinski definition) is 2. The zero-order valence-corrected chi connectivity index (χ0v) is 4.56. The maximum atomic E-state index is 4.87. The van der Waals surface area contributed by atoms with Crippen molar-refractivity contribution in [2.75, 3.05) is 0 Å². The molecule has 5 heteroatoms. The fraction of sp³-hybridized carbons (Fsp3) is 0. The van der Waals surface area contributed by atoms with Gasteiger partial charge in [0.2, 0.25) is 0 Å². The molecule has 5 heavy (non-hydrogen) atoms. The van der Waals surface area contributed by atoms with Gasteiger partial charge in [-0.25, -0.2) is 0 Å². The average Bonchev–Trinajstić information content (AvgIpc) is 1.41. The molecule has 0 aromatic rings. The van der Waals surface area contributed by atoms with E-state index in [1.54, 1.807) is 0 Å². The first-order valence-corrected chi connectivity index (χ1v) is 2.96. The highest BCUT2D eigenvalue weighted by Crippen LogP contribution is 2.10. The second-order valence-electron chi connectivity index (χ2n) is 0.338. The van der Waals surface area contributed by atoms with E-state index in [0.29, 0.717) is 0 Å². The predicted molar refractivity (Wildman–Crippen MR) is 26.1 cm³/mol. The minimum atomic E-state index is 0.0451. The van der Waals surface area contributed by atoms with Gasteiger partial charge in [0.15, 0.2) is 0 Å². The lowest BCUT2D eigenvalue weighted by Gasteiger charge is -1.85. The van der Waals surface area contributed by atoms with Crippen LogP contribution in [0.1, 0.15) is 0 Å². The predicted octanol–water partition coefficient (Wildman–Crippen LogP) is -0.0626. The van der Waals surface area contributed by atoms with Crippen LogP contribution in [0.5, 0.6) is 0 Å². The van der Waals surface area contributed by atoms with E-state index in [-0.39, 0.29) is 17.9 Å². The summed E-state index contributed by atoms with van der Waals surface area (Å²) in [6.07, 6.45) is 0. The van der Waals surface area contributed by atoms with Gasteiger partial charge < -0.3 is 4.31 Å². The van der Waals surface area contributed by atoms with Gasteiger partial charge in [0, 0.05) is 0 Å². The van der Waals surface area contributed by atoms with E-state index in [1.165, 1.54) is 0 Å². The molecule has 0 aliphatic carbocycles. The van der Waals surface area contributed by atoms with Crippen LogP contribution in [-0.2, 0) is 4.31 Å². The monoisotopic (exact) mass is 112 g/mol. The molecule has 0 aliphatic heterocycles. The quantitative estimate of drug-likeness (QED) is 0.492. The first-order valence-electron chi connectivity index (χ1n) is 0.986. The highest BCUT2D eigenvalue weighted by Gasteiger charge is 1.64. The van der Waals surface area contributed by atoms with Crippen molar-refractivity contribution in [3.05, 3.63) is 0 Å². The van der Waals surface area contributed by atoms with Crippen LogP contribution in [0.4, 0.5) is 0 Å². The van der Waals surface area contributed by atoms with E-state index in [4.69, 9.17) is 11.0 Å². The van der Waals surface area contributed by atoms with Crippen LogP contribution in [0.3, 0.4) is 0 Å². The van der Waals surface area contributed by atoms with Crippen LogP contribution in [0.15, 0.2) is 0 Å². The topological polar surface area (TPSA) is 61.3 Å². The largest absolute Gasteiger partial charge is 0.312 e. The molecule has 2 atom stereocenters. The molecular formula is H6N2OP2. The molecule has 32 valence electrons. The number of hydrogen-bond acceptors (Lipinski definition) is 3. The van der Waals surface area contributed by atoms with Crippen LogP contribution in [0.25, 0.3) is 0 Å². The zero-order valence-electron chi connectivity index (χ0n) is 2.56. The van der Waals surface area contributed by atoms with Gasteiger partial charge in [-0.2, -0.15) is 0 Å². The Bertz CT molecular complexity index is 15.1. The lowest BCUT2D eigenvalue weighted by atomic mass is 13.9. The summed E-state index contributed by atoms with van der Waals surface area (Å²) in [5.41, 5.74) is 9.74. The summed E-state index contributed by atoms with van der Waals surface area (Å²) in [4.78, 5) is 0. The van der Waals surface area contributed by atoms with E-state index in [1.807, 2.05) is 0 Å². The molecule has 0 saturated carbocycles. The maximum Gasteiger partial charge on any atom is 0.0897 e. The maximum absolute atomic E-state index is 4.87. The van der Waals surface area contributed by atoms with E-state index in [0.717, 1.165) is 0 Å². The molecular weight excluding hydrogens is 106 g/mol. The molecule has 2 unspecified atom stereocenters. The van der Waals surface area contributed by atoms with Crippen LogP contribution in [0.2, 0.25) is 0 Å². The summed E-state index contributed by atoms with van der Waals surface area (Å²) < 4.78 is 4.44. The Morgan fingerprint density at radius 1 is 1.20 bits per heavy atom. The molecule has 0 rings (SSSR count). The molecule has 0 saturated heterocycles. The summed E-state index contributed by atoms with van der Waals surface area (Å²) >= 11 is 0. The lowest BCUT2D eigenvalue weighted by Crippen LogP contribution is -1.73. The van der Waals surface area contributed by atoms with Crippen molar-refractivity contribution in [3.63, 3.8) is 0 Å². The van der Waals surface area contributed by atoms with Crippen molar-refractivity contribution < 1.29 is 4.31 Å². The second-order valence-corrected chi connectivity index (χ2v) is 1.63. The molecule has 0 spiro atoms. The second kappa shape index (κ2) is 4.74. The third-order valence-electron chi connectivity index (χ3n) is 0.118. The molecule has 0 heterocycles. The minimum Gasteiger partial charge on any atom is -0.312 e. The number of nitrogens with two attached hydrogens (primary N) is 2. The summed E-state index contributed by atoms with van der Waals surface area (Å²) in [6, 6.07) is 0. The van der Waals surface area contributed by atoms with E-state index < -0.39 is 0 Å². The molecule has 3 nitrogen and oxygen atoms in total. The smallest absolute Gasteiger partial charge is 0.0897 e. The lowest BCUT2D eigenvalue weighted by molar-refractivity contribution is 0.725. The van der Waals surface area contributed by atoms with Gasteiger partial charge in [0.05, 0.1) is 17.9 Å². The Morgan fingerprint density at radius 2 is 1.60 bits per heavy atom. The first kappa shape index (κ1) is 5.74. The van der Waals surface area contributed by atoms with Crippen molar-refractivity contribution in [1.29, 1.82) is 0 Å². The van der Waals surface area contributed by atoms with Crippen LogP contribution in [0, 0.1) is 0 Å². The zero-order chi connectivity index (χ0) is 4.12. The van der Waals surface area contributed by atoms with Gasteiger partial charge in [-0.1, -0.05) is 0 Å². The summed E-state index contributed by atoms with van der Waals surface area (Å²) in [5.74, 6) is 0. The van der Waals surface area contributed by atoms with Crippen molar-refractivity contribution in [1.82, 2.24) is 0 Å². The van der Waals surface area contributed by atoms with Gasteiger partial charge in [-0.3, -0.25) is 11.0 Å². The molecule has 0 radical (unpaired) electrons. The van der Waals surface area contributed by atoms with Crippen molar-refractivity contribution in [2.45, 2.75) is 0 Å². The van der Waals surface area contributed by atoms with Gasteiger partial charge in [0.1, 0.15) is 0 Å². The highest BCUT2D eigenvalue weighted by atomic mass is 31.2. The third-order valence-corrected chi connectivity index (χ3v) is 1.06. The first-order chi connectivity index (χ1) is 2.41. The SMILES string of the molecule is NPOPN. The molecule has 0 aromatic carbocycles. The Morgan fingerprint density at radius 3 is 1.60 bits per heavy atom. The Hall–Kier alpha value is 0.740. The third kappa shape index (κ3) is 4.74. The van der Waals surface area contributed by atoms with Crippen LogP contribution in [-0.4, -0.2) is 0 Å². The Kier molecular flexibility index (Phi) is 5.44. The Balaban J connectivity index is 2.19. The fourth-order valence-electron chi connectivity index (χ4n) is 0.0340. The van der Waals surface area contributed by atoms with Crippen LogP contribution < -0.4 is 11.0 Å². The van der Waals surface area contributed by atoms with E-state index in [2.05, 4.69) is 4.31 Å². The van der Waals surface area contributed by atoms with Crippen molar-refractivity contribution in [3.8, 4) is 0 Å². The average molecular weight is 112 g/mol. The molecule has 0 bridgehead atoms. The molecule has 0 fully saturated rings. The molecule has 0 aromatic heterocycles. The molecule has 4 N–H and O–H groups in total. The van der Waals surface area contributed by atoms with Crippen molar-refractivity contribution >= 4 is 17.9 Å². The summed E-state index contributed by atoms with van der Waals surface area (Å²) in [5, 5.41) is 0. The summed E-state index contributed by atoms with van der Waals surface area (Å²) in [6.45, 7) is 0. The van der Waals surface area contributed by atoms with Gasteiger partial charge in [-0.05, 0) is 0 Å². The normalized spacial score (nSPS) is 13.2. The minimum absolute atomic E-state index is 0.0451. The fourth-order valence-corrected chi connectivity index (χ4v) is 0.306. The molecule has 0 amide bonds. The van der Waals surface area contributed by atoms with Gasteiger partial charge >= 0.3 is 0 Å². The highest BCUT2D eigenvalue weighted by molar-refractivity contribution is 7.43.